The van der Waals surface area contributed by atoms with Crippen LogP contribution in [0.4, 0.5) is 0 Å². The van der Waals surface area contributed by atoms with E-state index in [0.717, 1.165) is 29.7 Å². The number of imidazole rings is 1. The lowest BCUT2D eigenvalue weighted by molar-refractivity contribution is 0.802. The van der Waals surface area contributed by atoms with Crippen LogP contribution in [-0.4, -0.2) is 27.5 Å². The number of nitrogens with zero attached hydrogens (tertiary/aromatic N) is 4. The molecule has 142 valence electrons. The summed E-state index contributed by atoms with van der Waals surface area (Å²) in [6.07, 6.45) is 5.56. The molecule has 0 atom stereocenters. The van der Waals surface area contributed by atoms with Crippen LogP contribution in [0, 0.1) is 13.8 Å². The fourth-order valence-electron chi connectivity index (χ4n) is 2.68. The average Bonchev–Trinajstić information content (AvgIpc) is 3.09. The predicted octanol–water partition coefficient (Wildman–Crippen LogP) is 3.37. The molecule has 6 nitrogen and oxygen atoms in total. The van der Waals surface area contributed by atoms with Gasteiger partial charge in [0.25, 0.3) is 0 Å². The molecule has 2 heterocycles. The molecule has 0 radical (unpaired) electrons. The van der Waals surface area contributed by atoms with Crippen molar-refractivity contribution in [1.82, 2.24) is 25.2 Å². The van der Waals surface area contributed by atoms with E-state index in [9.17, 15) is 0 Å². The molecule has 3 aromatic rings. The number of rotatable bonds is 5. The topological polar surface area (TPSA) is 67.1 Å². The second-order valence-electron chi connectivity index (χ2n) is 6.07. The van der Waals surface area contributed by atoms with Crippen molar-refractivity contribution in [3.8, 4) is 5.82 Å². The van der Waals surface area contributed by atoms with Crippen LogP contribution in [0.2, 0.25) is 0 Å². The third-order valence-corrected chi connectivity index (χ3v) is 4.27. The summed E-state index contributed by atoms with van der Waals surface area (Å²) in [6, 6.07) is 12.4. The van der Waals surface area contributed by atoms with Gasteiger partial charge in [0, 0.05) is 38.7 Å². The second-order valence-corrected chi connectivity index (χ2v) is 6.07. The highest BCUT2D eigenvalue weighted by Crippen LogP contribution is 2.08. The fraction of sp³-hybridized carbons (Fsp3) is 0.250. The van der Waals surface area contributed by atoms with E-state index in [2.05, 4.69) is 56.8 Å². The SMILES string of the molecule is CN=C(NCc1ccc(-n2ccnc2C)nc1)NCc1ccccc1C.I. The van der Waals surface area contributed by atoms with Crippen LogP contribution in [-0.2, 0) is 13.1 Å². The normalized spacial score (nSPS) is 11.0. The summed E-state index contributed by atoms with van der Waals surface area (Å²) < 4.78 is 1.96. The lowest BCUT2D eigenvalue weighted by Gasteiger charge is -2.13. The maximum atomic E-state index is 4.51. The van der Waals surface area contributed by atoms with Crippen LogP contribution in [0.25, 0.3) is 5.82 Å². The van der Waals surface area contributed by atoms with Crippen molar-refractivity contribution in [2.45, 2.75) is 26.9 Å². The van der Waals surface area contributed by atoms with Gasteiger partial charge in [0.15, 0.2) is 5.96 Å². The van der Waals surface area contributed by atoms with Crippen molar-refractivity contribution in [1.29, 1.82) is 0 Å². The van der Waals surface area contributed by atoms with Gasteiger partial charge < -0.3 is 10.6 Å². The number of pyridine rings is 1. The Bertz CT molecular complexity index is 885. The van der Waals surface area contributed by atoms with Gasteiger partial charge in [0.2, 0.25) is 0 Å². The molecule has 1 aromatic carbocycles. The molecule has 2 N–H and O–H groups in total. The minimum atomic E-state index is 0. The van der Waals surface area contributed by atoms with Crippen molar-refractivity contribution in [3.63, 3.8) is 0 Å². The highest BCUT2D eigenvalue weighted by Gasteiger charge is 2.04. The van der Waals surface area contributed by atoms with Gasteiger partial charge >= 0.3 is 0 Å². The molecule has 0 amide bonds. The first-order valence-corrected chi connectivity index (χ1v) is 8.61. The number of aromatic nitrogens is 3. The van der Waals surface area contributed by atoms with Crippen molar-refractivity contribution < 1.29 is 0 Å². The Hall–Kier alpha value is -2.42. The number of hydrogen-bond acceptors (Lipinski definition) is 3. The third kappa shape index (κ3) is 5.53. The molecule has 0 saturated carbocycles. The third-order valence-electron chi connectivity index (χ3n) is 4.27. The highest BCUT2D eigenvalue weighted by molar-refractivity contribution is 14.0. The first kappa shape index (κ1) is 20.9. The van der Waals surface area contributed by atoms with E-state index >= 15 is 0 Å². The number of halogens is 1. The molecule has 0 bridgehead atoms. The minimum Gasteiger partial charge on any atom is -0.352 e. The van der Waals surface area contributed by atoms with E-state index in [0.29, 0.717) is 6.54 Å². The van der Waals surface area contributed by atoms with Gasteiger partial charge in [-0.15, -0.1) is 24.0 Å². The Labute approximate surface area is 177 Å². The standard InChI is InChI=1S/C20H24N6.HI/c1-15-6-4-5-7-18(15)14-25-20(21-3)24-13-17-8-9-19(23-12-17)26-11-10-22-16(26)2;/h4-12H,13-14H2,1-3H3,(H2,21,24,25);1H. The molecular formula is C20H25IN6. The Morgan fingerprint density at radius 3 is 2.44 bits per heavy atom. The second kappa shape index (κ2) is 10.1. The van der Waals surface area contributed by atoms with Crippen LogP contribution in [0.3, 0.4) is 0 Å². The number of nitrogens with one attached hydrogen (secondary N) is 2. The quantitative estimate of drug-likeness (QED) is 0.337. The fourth-order valence-corrected chi connectivity index (χ4v) is 2.68. The molecule has 0 saturated heterocycles. The Kier molecular flexibility index (Phi) is 7.78. The molecule has 0 aliphatic heterocycles. The van der Waals surface area contributed by atoms with E-state index < -0.39 is 0 Å². The summed E-state index contributed by atoms with van der Waals surface area (Å²) in [4.78, 5) is 13.0. The summed E-state index contributed by atoms with van der Waals surface area (Å²) in [5, 5.41) is 6.66. The number of guanidine groups is 1. The maximum Gasteiger partial charge on any atom is 0.191 e. The van der Waals surface area contributed by atoms with Gasteiger partial charge in [-0.2, -0.15) is 0 Å². The van der Waals surface area contributed by atoms with Gasteiger partial charge in [-0.25, -0.2) is 9.97 Å². The van der Waals surface area contributed by atoms with Gasteiger partial charge in [-0.3, -0.25) is 9.56 Å². The van der Waals surface area contributed by atoms with E-state index in [1.807, 2.05) is 36.0 Å². The number of aliphatic imine (C=N–C) groups is 1. The van der Waals surface area contributed by atoms with Crippen LogP contribution in [0.15, 0.2) is 60.0 Å². The Morgan fingerprint density at radius 2 is 1.81 bits per heavy atom. The summed E-state index contributed by atoms with van der Waals surface area (Å²) in [6.45, 7) is 5.47. The molecule has 0 fully saturated rings. The van der Waals surface area contributed by atoms with E-state index in [1.165, 1.54) is 11.1 Å². The van der Waals surface area contributed by atoms with Crippen LogP contribution in [0.1, 0.15) is 22.5 Å². The van der Waals surface area contributed by atoms with E-state index in [1.54, 1.807) is 13.2 Å². The van der Waals surface area contributed by atoms with Crippen molar-refractivity contribution in [2.75, 3.05) is 7.05 Å². The molecule has 0 aliphatic carbocycles. The van der Waals surface area contributed by atoms with E-state index in [-0.39, 0.29) is 24.0 Å². The molecule has 0 unspecified atom stereocenters. The van der Waals surface area contributed by atoms with Crippen molar-refractivity contribution in [3.05, 3.63) is 77.5 Å². The van der Waals surface area contributed by atoms with Crippen LogP contribution >= 0.6 is 24.0 Å². The largest absolute Gasteiger partial charge is 0.352 e. The first-order chi connectivity index (χ1) is 12.7. The van der Waals surface area contributed by atoms with Crippen molar-refractivity contribution >= 4 is 29.9 Å². The number of hydrogen-bond donors (Lipinski definition) is 2. The van der Waals surface area contributed by atoms with Gasteiger partial charge in [0.05, 0.1) is 0 Å². The Morgan fingerprint density at radius 1 is 1.04 bits per heavy atom. The summed E-state index contributed by atoms with van der Waals surface area (Å²) in [5.74, 6) is 2.55. The van der Waals surface area contributed by atoms with Gasteiger partial charge in [-0.1, -0.05) is 30.3 Å². The molecule has 27 heavy (non-hydrogen) atoms. The zero-order valence-corrected chi connectivity index (χ0v) is 18.1. The van der Waals surface area contributed by atoms with Gasteiger partial charge in [0.1, 0.15) is 11.6 Å². The van der Waals surface area contributed by atoms with Crippen molar-refractivity contribution in [2.24, 2.45) is 4.99 Å². The minimum absolute atomic E-state index is 0. The lowest BCUT2D eigenvalue weighted by atomic mass is 10.1. The smallest absolute Gasteiger partial charge is 0.191 e. The summed E-state index contributed by atoms with van der Waals surface area (Å²) >= 11 is 0. The van der Waals surface area contributed by atoms with Crippen LogP contribution in [0.5, 0.6) is 0 Å². The molecular weight excluding hydrogens is 451 g/mol. The molecule has 2 aromatic heterocycles. The molecule has 0 spiro atoms. The zero-order chi connectivity index (χ0) is 18.4. The zero-order valence-electron chi connectivity index (χ0n) is 15.8. The number of aryl methyl sites for hydroxylation is 2. The maximum absolute atomic E-state index is 4.51. The summed E-state index contributed by atoms with van der Waals surface area (Å²) in [5.41, 5.74) is 3.62. The number of benzene rings is 1. The summed E-state index contributed by atoms with van der Waals surface area (Å²) in [7, 11) is 1.77. The molecule has 3 rings (SSSR count). The average molecular weight is 476 g/mol. The molecule has 7 heteroatoms. The monoisotopic (exact) mass is 476 g/mol. The highest BCUT2D eigenvalue weighted by atomic mass is 127. The molecule has 0 aliphatic rings. The lowest BCUT2D eigenvalue weighted by Crippen LogP contribution is -2.36. The van der Waals surface area contributed by atoms with Crippen LogP contribution < -0.4 is 10.6 Å². The Balaban J connectivity index is 0.00000261. The first-order valence-electron chi connectivity index (χ1n) is 8.61. The van der Waals surface area contributed by atoms with Gasteiger partial charge in [-0.05, 0) is 36.6 Å². The predicted molar refractivity (Wildman–Crippen MR) is 120 cm³/mol. The van der Waals surface area contributed by atoms with E-state index in [4.69, 9.17) is 0 Å².